The van der Waals surface area contributed by atoms with Crippen LogP contribution in [0.2, 0.25) is 0 Å². The SMILES string of the molecule is NNc1ncc(Cn2[nH]c(=O)c3ccccc3c2=O)s1. The first kappa shape index (κ1) is 12.6. The van der Waals surface area contributed by atoms with Crippen LogP contribution in [0.1, 0.15) is 4.88 Å². The lowest BCUT2D eigenvalue weighted by Gasteiger charge is -2.05. The van der Waals surface area contributed by atoms with E-state index in [0.717, 1.165) is 4.88 Å². The molecule has 0 spiro atoms. The minimum absolute atomic E-state index is 0.240. The summed E-state index contributed by atoms with van der Waals surface area (Å²) >= 11 is 1.32. The topological polar surface area (TPSA) is 106 Å². The van der Waals surface area contributed by atoms with E-state index in [4.69, 9.17) is 5.84 Å². The van der Waals surface area contributed by atoms with Gasteiger partial charge in [0.25, 0.3) is 11.1 Å². The summed E-state index contributed by atoms with van der Waals surface area (Å²) in [4.78, 5) is 29.1. The highest BCUT2D eigenvalue weighted by atomic mass is 32.1. The van der Waals surface area contributed by atoms with Crippen LogP contribution in [0.15, 0.2) is 40.1 Å². The van der Waals surface area contributed by atoms with Crippen molar-refractivity contribution in [1.29, 1.82) is 0 Å². The first-order valence-corrected chi connectivity index (χ1v) is 6.64. The predicted molar refractivity (Wildman–Crippen MR) is 77.9 cm³/mol. The van der Waals surface area contributed by atoms with Crippen LogP contribution in [0.4, 0.5) is 5.13 Å². The zero-order chi connectivity index (χ0) is 14.1. The molecule has 102 valence electrons. The fourth-order valence-electron chi connectivity index (χ4n) is 1.96. The van der Waals surface area contributed by atoms with Gasteiger partial charge in [-0.3, -0.25) is 20.1 Å². The van der Waals surface area contributed by atoms with Gasteiger partial charge in [-0.05, 0) is 12.1 Å². The van der Waals surface area contributed by atoms with E-state index in [1.165, 1.54) is 16.0 Å². The van der Waals surface area contributed by atoms with Gasteiger partial charge in [0, 0.05) is 11.1 Å². The van der Waals surface area contributed by atoms with Crippen LogP contribution in [0.25, 0.3) is 10.8 Å². The van der Waals surface area contributed by atoms with Crippen molar-refractivity contribution >= 4 is 27.2 Å². The van der Waals surface area contributed by atoms with Crippen molar-refractivity contribution in [1.82, 2.24) is 14.8 Å². The Morgan fingerprint density at radius 1 is 1.30 bits per heavy atom. The summed E-state index contributed by atoms with van der Waals surface area (Å²) in [5.41, 5.74) is 1.91. The minimum atomic E-state index is -0.290. The molecule has 4 N–H and O–H groups in total. The number of benzene rings is 1. The molecule has 0 amide bonds. The maximum absolute atomic E-state index is 12.3. The molecule has 3 aromatic rings. The molecule has 0 aliphatic heterocycles. The van der Waals surface area contributed by atoms with Gasteiger partial charge in [-0.15, -0.1) is 0 Å². The number of nitrogens with two attached hydrogens (primary N) is 1. The van der Waals surface area contributed by atoms with Crippen LogP contribution in [-0.2, 0) is 6.54 Å². The Bertz CT molecular complexity index is 879. The van der Waals surface area contributed by atoms with E-state index in [1.54, 1.807) is 30.5 Å². The van der Waals surface area contributed by atoms with Gasteiger partial charge in [0.1, 0.15) is 0 Å². The van der Waals surface area contributed by atoms with E-state index < -0.39 is 0 Å². The number of H-pyrrole nitrogens is 1. The molecule has 3 rings (SSSR count). The zero-order valence-corrected chi connectivity index (χ0v) is 11.1. The number of hydrazine groups is 1. The van der Waals surface area contributed by atoms with E-state index in [9.17, 15) is 9.59 Å². The Hall–Kier alpha value is -2.45. The Kier molecular flexibility index (Phi) is 3.09. The fourth-order valence-corrected chi connectivity index (χ4v) is 2.67. The highest BCUT2D eigenvalue weighted by Crippen LogP contribution is 2.17. The molecule has 2 heterocycles. The maximum Gasteiger partial charge on any atom is 0.273 e. The van der Waals surface area contributed by atoms with Crippen LogP contribution in [0.3, 0.4) is 0 Å². The van der Waals surface area contributed by atoms with Crippen LogP contribution >= 0.6 is 11.3 Å². The molecule has 0 fully saturated rings. The molecule has 0 bridgehead atoms. The summed E-state index contributed by atoms with van der Waals surface area (Å²) in [6.45, 7) is 0.248. The molecule has 0 aliphatic rings. The minimum Gasteiger partial charge on any atom is -0.300 e. The number of anilines is 1. The third-order valence-corrected chi connectivity index (χ3v) is 3.79. The number of nitrogen functional groups attached to an aromatic ring is 1. The average molecular weight is 289 g/mol. The number of rotatable bonds is 3. The monoisotopic (exact) mass is 289 g/mol. The number of thiazole rings is 1. The first-order chi connectivity index (χ1) is 9.69. The molecule has 8 heteroatoms. The van der Waals surface area contributed by atoms with Gasteiger partial charge in [0.15, 0.2) is 5.13 Å². The summed E-state index contributed by atoms with van der Waals surface area (Å²) in [6.07, 6.45) is 1.61. The van der Waals surface area contributed by atoms with Crippen LogP contribution in [0, 0.1) is 0 Å². The second-order valence-electron chi connectivity index (χ2n) is 4.15. The van der Waals surface area contributed by atoms with Gasteiger partial charge in [-0.2, -0.15) is 0 Å². The molecule has 0 radical (unpaired) electrons. The van der Waals surface area contributed by atoms with Crippen LogP contribution in [0.5, 0.6) is 0 Å². The Morgan fingerprint density at radius 3 is 2.75 bits per heavy atom. The number of nitrogens with one attached hydrogen (secondary N) is 2. The summed E-state index contributed by atoms with van der Waals surface area (Å²) < 4.78 is 1.28. The molecule has 0 aliphatic carbocycles. The van der Waals surface area contributed by atoms with Crippen LogP contribution < -0.4 is 22.4 Å². The highest BCUT2D eigenvalue weighted by molar-refractivity contribution is 7.15. The van der Waals surface area contributed by atoms with E-state index in [-0.39, 0.29) is 17.7 Å². The number of hydrogen-bond donors (Lipinski definition) is 3. The number of aromatic nitrogens is 3. The Balaban J connectivity index is 2.10. The van der Waals surface area contributed by atoms with Gasteiger partial charge >= 0.3 is 0 Å². The summed E-state index contributed by atoms with van der Waals surface area (Å²) in [5.74, 6) is 5.26. The average Bonchev–Trinajstić information content (AvgIpc) is 2.92. The zero-order valence-electron chi connectivity index (χ0n) is 10.3. The molecule has 0 atom stereocenters. The number of aromatic amines is 1. The van der Waals surface area contributed by atoms with Gasteiger partial charge in [0.05, 0.1) is 17.3 Å². The normalized spacial score (nSPS) is 10.8. The van der Waals surface area contributed by atoms with E-state index in [2.05, 4.69) is 15.5 Å². The molecule has 7 nitrogen and oxygen atoms in total. The van der Waals surface area contributed by atoms with Gasteiger partial charge in [-0.1, -0.05) is 23.5 Å². The largest absolute Gasteiger partial charge is 0.300 e. The quantitative estimate of drug-likeness (QED) is 0.480. The Morgan fingerprint density at radius 2 is 2.05 bits per heavy atom. The smallest absolute Gasteiger partial charge is 0.273 e. The van der Waals surface area contributed by atoms with Crippen molar-refractivity contribution in [3.63, 3.8) is 0 Å². The third kappa shape index (κ3) is 2.10. The molecule has 20 heavy (non-hydrogen) atoms. The van der Waals surface area contributed by atoms with Gasteiger partial charge < -0.3 is 0 Å². The van der Waals surface area contributed by atoms with Crippen molar-refractivity contribution in [2.75, 3.05) is 5.43 Å². The summed E-state index contributed by atoms with van der Waals surface area (Å²) in [7, 11) is 0. The van der Waals surface area contributed by atoms with E-state index in [1.807, 2.05) is 0 Å². The number of nitrogens with zero attached hydrogens (tertiary/aromatic N) is 2. The van der Waals surface area contributed by atoms with Crippen molar-refractivity contribution in [3.05, 3.63) is 56.0 Å². The number of hydrogen-bond acceptors (Lipinski definition) is 6. The van der Waals surface area contributed by atoms with Crippen molar-refractivity contribution < 1.29 is 0 Å². The fraction of sp³-hybridized carbons (Fsp3) is 0.0833. The van der Waals surface area contributed by atoms with Crippen molar-refractivity contribution in [2.24, 2.45) is 5.84 Å². The molecular formula is C12H11N5O2S. The summed E-state index contributed by atoms with van der Waals surface area (Å²) in [5, 5.41) is 3.91. The predicted octanol–water partition coefficient (Wildman–Crippen LogP) is 0.480. The molecule has 0 saturated carbocycles. The van der Waals surface area contributed by atoms with E-state index in [0.29, 0.717) is 15.9 Å². The Labute approximate surface area is 116 Å². The first-order valence-electron chi connectivity index (χ1n) is 5.82. The van der Waals surface area contributed by atoms with Gasteiger partial charge in [0.2, 0.25) is 0 Å². The molecular weight excluding hydrogens is 278 g/mol. The van der Waals surface area contributed by atoms with Crippen LogP contribution in [-0.4, -0.2) is 14.8 Å². The number of fused-ring (bicyclic) bond motifs is 1. The van der Waals surface area contributed by atoms with E-state index >= 15 is 0 Å². The lowest BCUT2D eigenvalue weighted by molar-refractivity contribution is 0.642. The molecule has 1 aromatic carbocycles. The molecule has 0 saturated heterocycles. The molecule has 0 unspecified atom stereocenters. The van der Waals surface area contributed by atoms with Crippen molar-refractivity contribution in [3.8, 4) is 0 Å². The van der Waals surface area contributed by atoms with Crippen molar-refractivity contribution in [2.45, 2.75) is 6.54 Å². The summed E-state index contributed by atoms with van der Waals surface area (Å²) in [6, 6.07) is 6.73. The lowest BCUT2D eigenvalue weighted by Crippen LogP contribution is -2.29. The third-order valence-electron chi connectivity index (χ3n) is 2.87. The maximum atomic E-state index is 12.3. The highest BCUT2D eigenvalue weighted by Gasteiger charge is 2.08. The standard InChI is InChI=1S/C12H11N5O2S/c13-15-12-14-5-7(20-12)6-17-11(19)9-4-2-1-3-8(9)10(18)16-17/h1-5H,6,13H2,(H,14,15)(H,16,18). The lowest BCUT2D eigenvalue weighted by atomic mass is 10.2. The second kappa shape index (κ2) is 4.91. The second-order valence-corrected chi connectivity index (χ2v) is 5.27. The van der Waals surface area contributed by atoms with Gasteiger partial charge in [-0.25, -0.2) is 15.5 Å². The molecule has 2 aromatic heterocycles.